The van der Waals surface area contributed by atoms with Gasteiger partial charge >= 0.3 is 0 Å². The fraction of sp³-hybridized carbons (Fsp3) is 0.217. The number of carbonyl (C=O) groups excluding carboxylic acids is 2. The molecule has 2 amide bonds. The number of amides is 2. The molecule has 7 heteroatoms. The molecule has 0 unspecified atom stereocenters. The van der Waals surface area contributed by atoms with Gasteiger partial charge in [0.1, 0.15) is 11.7 Å². The van der Waals surface area contributed by atoms with Crippen LogP contribution in [0.15, 0.2) is 65.5 Å². The highest BCUT2D eigenvalue weighted by Gasteiger charge is 2.23. The smallest absolute Gasteiger partial charge is 0.291 e. The Morgan fingerprint density at radius 1 is 1.03 bits per heavy atom. The minimum absolute atomic E-state index is 0.0824. The fourth-order valence-electron chi connectivity index (χ4n) is 3.08. The van der Waals surface area contributed by atoms with E-state index >= 15 is 0 Å². The molecule has 0 fully saturated rings. The van der Waals surface area contributed by atoms with Gasteiger partial charge in [-0.15, -0.1) is 0 Å². The summed E-state index contributed by atoms with van der Waals surface area (Å²) in [5.41, 5.74) is 2.53. The Bertz CT molecular complexity index is 1110. The van der Waals surface area contributed by atoms with E-state index in [0.29, 0.717) is 17.8 Å². The molecule has 3 aromatic rings. The number of hydrogen-bond acceptors (Lipinski definition) is 4. The zero-order chi connectivity index (χ0) is 21.7. The Labute approximate surface area is 174 Å². The Morgan fingerprint density at radius 3 is 2.30 bits per heavy atom. The molecule has 154 valence electrons. The van der Waals surface area contributed by atoms with Gasteiger partial charge in [-0.25, -0.2) is 4.68 Å². The quantitative estimate of drug-likeness (QED) is 0.654. The lowest BCUT2D eigenvalue weighted by Crippen LogP contribution is -2.36. The normalized spacial score (nSPS) is 11.6. The van der Waals surface area contributed by atoms with Crippen LogP contribution < -0.4 is 16.2 Å². The molecular formula is C23H24N4O3. The number of nitrogens with one attached hydrogen (secondary N) is 2. The number of aromatic nitrogens is 2. The number of para-hydroxylation sites is 1. The molecule has 2 N–H and O–H groups in total. The molecule has 3 rings (SSSR count). The van der Waals surface area contributed by atoms with Crippen LogP contribution in [0.25, 0.3) is 11.3 Å². The SMILES string of the molecule is CC[C@H](C(=O)Nc1ccccc1)n1nc(-c2ccc(C)cc2)cc(NC(C)=O)c1=O. The summed E-state index contributed by atoms with van der Waals surface area (Å²) < 4.78 is 1.15. The second kappa shape index (κ2) is 9.17. The zero-order valence-corrected chi connectivity index (χ0v) is 17.2. The number of hydrogen-bond donors (Lipinski definition) is 2. The van der Waals surface area contributed by atoms with Gasteiger partial charge in [0.25, 0.3) is 5.56 Å². The van der Waals surface area contributed by atoms with Crippen LogP contribution in [-0.4, -0.2) is 21.6 Å². The second-order valence-electron chi connectivity index (χ2n) is 7.02. The van der Waals surface area contributed by atoms with Gasteiger partial charge in [-0.2, -0.15) is 5.10 Å². The van der Waals surface area contributed by atoms with Crippen LogP contribution in [0, 0.1) is 6.92 Å². The third-order valence-electron chi connectivity index (χ3n) is 4.62. The van der Waals surface area contributed by atoms with Crippen LogP contribution in [0.4, 0.5) is 11.4 Å². The van der Waals surface area contributed by atoms with Crippen molar-refractivity contribution in [3.8, 4) is 11.3 Å². The highest BCUT2D eigenvalue weighted by atomic mass is 16.2. The van der Waals surface area contributed by atoms with Gasteiger partial charge in [-0.3, -0.25) is 14.4 Å². The van der Waals surface area contributed by atoms with E-state index in [-0.39, 0.29) is 17.5 Å². The summed E-state index contributed by atoms with van der Waals surface area (Å²) >= 11 is 0. The number of nitrogens with zero attached hydrogens (tertiary/aromatic N) is 2. The first-order chi connectivity index (χ1) is 14.4. The van der Waals surface area contributed by atoms with E-state index in [1.165, 1.54) is 13.0 Å². The van der Waals surface area contributed by atoms with Crippen molar-refractivity contribution in [2.24, 2.45) is 0 Å². The van der Waals surface area contributed by atoms with Crippen molar-refractivity contribution >= 4 is 23.2 Å². The summed E-state index contributed by atoms with van der Waals surface area (Å²) in [4.78, 5) is 37.6. The van der Waals surface area contributed by atoms with Crippen LogP contribution in [0.5, 0.6) is 0 Å². The molecule has 7 nitrogen and oxygen atoms in total. The van der Waals surface area contributed by atoms with Crippen molar-refractivity contribution in [1.29, 1.82) is 0 Å². The van der Waals surface area contributed by atoms with Gasteiger partial charge in [0, 0.05) is 18.2 Å². The average Bonchev–Trinajstić information content (AvgIpc) is 2.72. The highest BCUT2D eigenvalue weighted by Crippen LogP contribution is 2.21. The largest absolute Gasteiger partial charge is 0.324 e. The van der Waals surface area contributed by atoms with E-state index in [1.807, 2.05) is 49.4 Å². The van der Waals surface area contributed by atoms with E-state index in [0.717, 1.165) is 15.8 Å². The Balaban J connectivity index is 2.07. The molecule has 0 aliphatic carbocycles. The predicted octanol–water partition coefficient (Wildman–Crippen LogP) is 3.77. The molecule has 0 spiro atoms. The molecule has 2 aromatic carbocycles. The highest BCUT2D eigenvalue weighted by molar-refractivity contribution is 5.94. The predicted molar refractivity (Wildman–Crippen MR) is 117 cm³/mol. The van der Waals surface area contributed by atoms with E-state index in [1.54, 1.807) is 19.1 Å². The summed E-state index contributed by atoms with van der Waals surface area (Å²) in [5, 5.41) is 9.84. The first-order valence-electron chi connectivity index (χ1n) is 9.73. The number of anilines is 2. The summed E-state index contributed by atoms with van der Waals surface area (Å²) in [5.74, 6) is -0.727. The number of aryl methyl sites for hydroxylation is 1. The van der Waals surface area contributed by atoms with Crippen LogP contribution in [0.1, 0.15) is 31.9 Å². The van der Waals surface area contributed by atoms with Gasteiger partial charge in [-0.1, -0.05) is 55.0 Å². The average molecular weight is 404 g/mol. The molecule has 0 saturated carbocycles. The van der Waals surface area contributed by atoms with Gasteiger partial charge in [-0.05, 0) is 31.5 Å². The van der Waals surface area contributed by atoms with Gasteiger partial charge in [0.05, 0.1) is 5.69 Å². The summed E-state index contributed by atoms with van der Waals surface area (Å²) in [6.07, 6.45) is 0.350. The third-order valence-corrected chi connectivity index (χ3v) is 4.62. The number of benzene rings is 2. The first kappa shape index (κ1) is 21.0. The maximum Gasteiger partial charge on any atom is 0.291 e. The molecule has 0 radical (unpaired) electrons. The Kier molecular flexibility index (Phi) is 6.41. The lowest BCUT2D eigenvalue weighted by atomic mass is 10.1. The van der Waals surface area contributed by atoms with Crippen LogP contribution in [0.3, 0.4) is 0 Å². The van der Waals surface area contributed by atoms with Crippen molar-refractivity contribution in [2.75, 3.05) is 10.6 Å². The molecule has 0 aliphatic rings. The van der Waals surface area contributed by atoms with Crippen LogP contribution >= 0.6 is 0 Å². The first-order valence-corrected chi connectivity index (χ1v) is 9.73. The summed E-state index contributed by atoms with van der Waals surface area (Å²) in [6, 6.07) is 17.4. The van der Waals surface area contributed by atoms with E-state index in [4.69, 9.17) is 0 Å². The monoisotopic (exact) mass is 404 g/mol. The van der Waals surface area contributed by atoms with Gasteiger partial charge in [0.2, 0.25) is 11.8 Å². The van der Waals surface area contributed by atoms with E-state index < -0.39 is 11.6 Å². The maximum absolute atomic E-state index is 13.0. The molecule has 1 heterocycles. The number of carbonyl (C=O) groups is 2. The second-order valence-corrected chi connectivity index (χ2v) is 7.02. The van der Waals surface area contributed by atoms with Crippen molar-refractivity contribution in [2.45, 2.75) is 33.2 Å². The summed E-state index contributed by atoms with van der Waals surface area (Å²) in [7, 11) is 0. The molecule has 0 aliphatic heterocycles. The third kappa shape index (κ3) is 4.81. The van der Waals surface area contributed by atoms with Crippen LogP contribution in [-0.2, 0) is 9.59 Å². The molecule has 1 aromatic heterocycles. The van der Waals surface area contributed by atoms with Crippen molar-refractivity contribution in [3.05, 3.63) is 76.6 Å². The van der Waals surface area contributed by atoms with Gasteiger partial charge in [0.15, 0.2) is 0 Å². The molecule has 1 atom stereocenters. The standard InChI is InChI=1S/C23H24N4O3/c1-4-21(22(29)25-18-8-6-5-7-9-18)27-23(30)20(24-16(3)28)14-19(26-27)17-12-10-15(2)11-13-17/h5-14,21H,4H2,1-3H3,(H,24,28)(H,25,29)/t21-/m1/s1. The summed E-state index contributed by atoms with van der Waals surface area (Å²) in [6.45, 7) is 5.11. The lowest BCUT2D eigenvalue weighted by Gasteiger charge is -2.19. The molecule has 0 bridgehead atoms. The minimum Gasteiger partial charge on any atom is -0.324 e. The minimum atomic E-state index is -0.837. The van der Waals surface area contributed by atoms with E-state index in [2.05, 4.69) is 15.7 Å². The molecular weight excluding hydrogens is 380 g/mol. The molecule has 0 saturated heterocycles. The maximum atomic E-state index is 13.0. The van der Waals surface area contributed by atoms with Crippen molar-refractivity contribution in [3.63, 3.8) is 0 Å². The van der Waals surface area contributed by atoms with Gasteiger partial charge < -0.3 is 10.6 Å². The lowest BCUT2D eigenvalue weighted by molar-refractivity contribution is -0.119. The zero-order valence-electron chi connectivity index (χ0n) is 17.2. The van der Waals surface area contributed by atoms with Crippen molar-refractivity contribution in [1.82, 2.24) is 9.78 Å². The van der Waals surface area contributed by atoms with Crippen molar-refractivity contribution < 1.29 is 9.59 Å². The van der Waals surface area contributed by atoms with E-state index in [9.17, 15) is 14.4 Å². The number of rotatable bonds is 6. The topological polar surface area (TPSA) is 93.1 Å². The van der Waals surface area contributed by atoms with Crippen LogP contribution in [0.2, 0.25) is 0 Å². The fourth-order valence-corrected chi connectivity index (χ4v) is 3.08. The Hall–Kier alpha value is -3.74. The molecule has 30 heavy (non-hydrogen) atoms. The Morgan fingerprint density at radius 2 is 1.70 bits per heavy atom.